The number of hydrogen-bond donors (Lipinski definition) is 2. The van der Waals surface area contributed by atoms with Crippen LogP contribution in [0.5, 0.6) is 0 Å². The quantitative estimate of drug-likeness (QED) is 0.681. The predicted molar refractivity (Wildman–Crippen MR) is 94.8 cm³/mol. The van der Waals surface area contributed by atoms with Crippen molar-refractivity contribution in [2.75, 3.05) is 18.8 Å². The first kappa shape index (κ1) is 16.9. The summed E-state index contributed by atoms with van der Waals surface area (Å²) in [4.78, 5) is 8.32. The summed E-state index contributed by atoms with van der Waals surface area (Å²) >= 11 is 0. The minimum atomic E-state index is -3.68. The molecule has 9 nitrogen and oxygen atoms in total. The fraction of sp³-hybridized carbons (Fsp3) is 0.312. The molecule has 0 unspecified atom stereocenters. The third-order valence-corrected chi connectivity index (χ3v) is 6.44. The zero-order valence-electron chi connectivity index (χ0n) is 14.1. The van der Waals surface area contributed by atoms with E-state index in [9.17, 15) is 13.5 Å². The van der Waals surface area contributed by atoms with Crippen molar-refractivity contribution in [1.82, 2.24) is 23.9 Å². The molecule has 1 aromatic carbocycles. The van der Waals surface area contributed by atoms with Crippen LogP contribution in [0, 0.1) is 6.92 Å². The van der Waals surface area contributed by atoms with Gasteiger partial charge in [-0.15, -0.1) is 0 Å². The summed E-state index contributed by atoms with van der Waals surface area (Å²) < 4.78 is 28.6. The Morgan fingerprint density at radius 1 is 1.31 bits per heavy atom. The standard InChI is InChI=1S/C16H18N6O3S/c1-10-2-3-12(26(24,25)21-5-4-11(23)8-21)6-13(10)14-7-18-16-15(17)19-9-20-22(14)16/h2-3,6-7,9,11,23H,4-5,8H2,1H3,(H2,17,19,20)/t11-/m0/s1. The van der Waals surface area contributed by atoms with Gasteiger partial charge in [0.05, 0.1) is 22.9 Å². The predicted octanol–water partition coefficient (Wildman–Crippen LogP) is 0.437. The SMILES string of the molecule is Cc1ccc(S(=O)(=O)N2CC[C@H](O)C2)cc1-c1cnc2c(N)ncnn12. The number of β-amino-alcohol motifs (C(OH)–C–C–N with tert-alkyl or cyclic N) is 1. The van der Waals surface area contributed by atoms with Crippen LogP contribution in [0.4, 0.5) is 5.82 Å². The molecule has 0 saturated carbocycles. The van der Waals surface area contributed by atoms with Crippen molar-refractivity contribution < 1.29 is 13.5 Å². The average Bonchev–Trinajstić information content (AvgIpc) is 3.23. The molecule has 1 fully saturated rings. The summed E-state index contributed by atoms with van der Waals surface area (Å²) in [6, 6.07) is 4.93. The number of hydrogen-bond acceptors (Lipinski definition) is 7. The Morgan fingerprint density at radius 3 is 2.85 bits per heavy atom. The molecule has 0 radical (unpaired) electrons. The van der Waals surface area contributed by atoms with E-state index in [1.807, 2.05) is 6.92 Å². The van der Waals surface area contributed by atoms with Crippen molar-refractivity contribution in [3.05, 3.63) is 36.3 Å². The summed E-state index contributed by atoms with van der Waals surface area (Å²) in [5.41, 5.74) is 8.43. The lowest BCUT2D eigenvalue weighted by Gasteiger charge is -2.17. The number of aromatic nitrogens is 4. The normalized spacial score (nSPS) is 18.6. The van der Waals surface area contributed by atoms with Crippen LogP contribution in [0.2, 0.25) is 0 Å². The topological polar surface area (TPSA) is 127 Å². The molecule has 0 amide bonds. The van der Waals surface area contributed by atoms with Crippen LogP contribution in [-0.4, -0.2) is 56.6 Å². The maximum atomic E-state index is 12.9. The van der Waals surface area contributed by atoms with Gasteiger partial charge in [0.2, 0.25) is 10.0 Å². The van der Waals surface area contributed by atoms with Crippen molar-refractivity contribution in [2.24, 2.45) is 0 Å². The highest BCUT2D eigenvalue weighted by Gasteiger charge is 2.32. The minimum Gasteiger partial charge on any atom is -0.392 e. The van der Waals surface area contributed by atoms with Gasteiger partial charge in [-0.3, -0.25) is 0 Å². The summed E-state index contributed by atoms with van der Waals surface area (Å²) in [5.74, 6) is 0.249. The minimum absolute atomic E-state index is 0.116. The molecule has 3 heterocycles. The van der Waals surface area contributed by atoms with E-state index in [2.05, 4.69) is 15.1 Å². The summed E-state index contributed by atoms with van der Waals surface area (Å²) in [5, 5.41) is 13.8. The van der Waals surface area contributed by atoms with Gasteiger partial charge in [-0.05, 0) is 31.0 Å². The zero-order valence-corrected chi connectivity index (χ0v) is 14.9. The number of nitrogens with two attached hydrogens (primary N) is 1. The number of aliphatic hydroxyl groups excluding tert-OH is 1. The molecule has 0 spiro atoms. The van der Waals surface area contributed by atoms with Gasteiger partial charge in [0.15, 0.2) is 11.5 Å². The van der Waals surface area contributed by atoms with Crippen molar-refractivity contribution in [3.8, 4) is 11.3 Å². The van der Waals surface area contributed by atoms with E-state index >= 15 is 0 Å². The van der Waals surface area contributed by atoms with E-state index in [1.54, 1.807) is 28.9 Å². The van der Waals surface area contributed by atoms with Crippen LogP contribution in [0.15, 0.2) is 35.6 Å². The number of aryl methyl sites for hydroxylation is 1. The van der Waals surface area contributed by atoms with Crippen LogP contribution in [0.3, 0.4) is 0 Å². The molecule has 1 atom stereocenters. The molecule has 1 aliphatic heterocycles. The van der Waals surface area contributed by atoms with Gasteiger partial charge in [-0.25, -0.2) is 22.9 Å². The van der Waals surface area contributed by atoms with Gasteiger partial charge in [-0.1, -0.05) is 6.07 Å². The first-order valence-electron chi connectivity index (χ1n) is 8.11. The van der Waals surface area contributed by atoms with E-state index in [0.29, 0.717) is 29.9 Å². The van der Waals surface area contributed by atoms with E-state index < -0.39 is 16.1 Å². The monoisotopic (exact) mass is 374 g/mol. The van der Waals surface area contributed by atoms with E-state index in [-0.39, 0.29) is 17.3 Å². The number of aliphatic hydroxyl groups is 1. The summed E-state index contributed by atoms with van der Waals surface area (Å²) in [6.45, 7) is 2.31. The Morgan fingerprint density at radius 2 is 2.12 bits per heavy atom. The largest absolute Gasteiger partial charge is 0.392 e. The third kappa shape index (κ3) is 2.62. The second-order valence-corrected chi connectivity index (χ2v) is 8.24. The third-order valence-electron chi connectivity index (χ3n) is 4.58. The van der Waals surface area contributed by atoms with Gasteiger partial charge in [0.1, 0.15) is 6.33 Å². The molecule has 0 bridgehead atoms. The molecule has 10 heteroatoms. The number of nitrogens with zero attached hydrogens (tertiary/aromatic N) is 5. The number of imidazole rings is 1. The van der Waals surface area contributed by atoms with E-state index in [0.717, 1.165) is 5.56 Å². The number of anilines is 1. The second-order valence-electron chi connectivity index (χ2n) is 6.31. The Balaban J connectivity index is 1.83. The Hall–Kier alpha value is -2.56. The highest BCUT2D eigenvalue weighted by molar-refractivity contribution is 7.89. The van der Waals surface area contributed by atoms with Gasteiger partial charge < -0.3 is 10.8 Å². The lowest BCUT2D eigenvalue weighted by molar-refractivity contribution is 0.189. The highest BCUT2D eigenvalue weighted by Crippen LogP contribution is 2.29. The van der Waals surface area contributed by atoms with Gasteiger partial charge in [0.25, 0.3) is 0 Å². The smallest absolute Gasteiger partial charge is 0.243 e. The lowest BCUT2D eigenvalue weighted by atomic mass is 10.1. The average molecular weight is 374 g/mol. The number of benzene rings is 1. The summed E-state index contributed by atoms with van der Waals surface area (Å²) in [6.07, 6.45) is 2.75. The van der Waals surface area contributed by atoms with Crippen molar-refractivity contribution in [2.45, 2.75) is 24.3 Å². The summed E-state index contributed by atoms with van der Waals surface area (Å²) in [7, 11) is -3.68. The molecule has 26 heavy (non-hydrogen) atoms. The maximum Gasteiger partial charge on any atom is 0.243 e. The highest BCUT2D eigenvalue weighted by atomic mass is 32.2. The van der Waals surface area contributed by atoms with Crippen molar-refractivity contribution >= 4 is 21.5 Å². The molecule has 2 aromatic heterocycles. The van der Waals surface area contributed by atoms with E-state index in [1.165, 1.54) is 10.6 Å². The second kappa shape index (κ2) is 6.01. The van der Waals surface area contributed by atoms with Gasteiger partial charge in [0, 0.05) is 18.7 Å². The Labute approximate surface area is 150 Å². The van der Waals surface area contributed by atoms with Crippen molar-refractivity contribution in [1.29, 1.82) is 0 Å². The van der Waals surface area contributed by atoms with Gasteiger partial charge in [-0.2, -0.15) is 9.40 Å². The molecule has 1 aliphatic rings. The van der Waals surface area contributed by atoms with Crippen LogP contribution in [0.1, 0.15) is 12.0 Å². The number of nitrogen functional groups attached to an aromatic ring is 1. The number of sulfonamides is 1. The molecule has 0 aliphatic carbocycles. The Bertz CT molecular complexity index is 1090. The van der Waals surface area contributed by atoms with Crippen LogP contribution in [-0.2, 0) is 10.0 Å². The zero-order chi connectivity index (χ0) is 18.5. The lowest BCUT2D eigenvalue weighted by Crippen LogP contribution is -2.29. The molecule has 4 rings (SSSR count). The first-order chi connectivity index (χ1) is 12.4. The van der Waals surface area contributed by atoms with Gasteiger partial charge >= 0.3 is 0 Å². The maximum absolute atomic E-state index is 12.9. The molecular formula is C16H18N6O3S. The van der Waals surface area contributed by atoms with Crippen LogP contribution in [0.25, 0.3) is 16.9 Å². The molecule has 3 aromatic rings. The Kier molecular flexibility index (Phi) is 3.90. The van der Waals surface area contributed by atoms with Crippen LogP contribution >= 0.6 is 0 Å². The molecule has 136 valence electrons. The first-order valence-corrected chi connectivity index (χ1v) is 9.55. The molecule has 1 saturated heterocycles. The van der Waals surface area contributed by atoms with Crippen LogP contribution < -0.4 is 5.73 Å². The fourth-order valence-electron chi connectivity index (χ4n) is 3.13. The van der Waals surface area contributed by atoms with Crippen molar-refractivity contribution in [3.63, 3.8) is 0 Å². The number of rotatable bonds is 3. The molecular weight excluding hydrogens is 356 g/mol. The number of fused-ring (bicyclic) bond motifs is 1. The fourth-order valence-corrected chi connectivity index (χ4v) is 4.65. The van der Waals surface area contributed by atoms with E-state index in [4.69, 9.17) is 5.73 Å². The molecule has 3 N–H and O–H groups in total.